The van der Waals surface area contributed by atoms with Crippen molar-refractivity contribution in [2.75, 3.05) is 6.61 Å². The van der Waals surface area contributed by atoms with Gasteiger partial charge in [0.1, 0.15) is 37.1 Å². The normalized spacial score (nSPS) is 35.6. The van der Waals surface area contributed by atoms with E-state index < -0.39 is 79.5 Å². The molecule has 1 aromatic rings. The van der Waals surface area contributed by atoms with Crippen molar-refractivity contribution in [3.8, 4) is 0 Å². The molecule has 2 saturated heterocycles. The van der Waals surface area contributed by atoms with E-state index in [0.29, 0.717) is 0 Å². The number of esters is 2. The van der Waals surface area contributed by atoms with E-state index in [1.165, 1.54) is 6.08 Å². The summed E-state index contributed by atoms with van der Waals surface area (Å²) in [6, 6.07) is 9.02. The third-order valence-corrected chi connectivity index (χ3v) is 6.54. The van der Waals surface area contributed by atoms with E-state index in [1.807, 2.05) is 6.07 Å². The number of aliphatic hydroxyl groups is 3. The molecule has 37 heavy (non-hydrogen) atoms. The van der Waals surface area contributed by atoms with E-state index >= 15 is 0 Å². The van der Waals surface area contributed by atoms with Gasteiger partial charge in [-0.2, -0.15) is 0 Å². The molecule has 0 unspecified atom stereocenters. The lowest BCUT2D eigenvalue weighted by molar-refractivity contribution is -0.346. The van der Waals surface area contributed by atoms with Crippen molar-refractivity contribution >= 4 is 24.0 Å². The molecule has 2 fully saturated rings. The summed E-state index contributed by atoms with van der Waals surface area (Å²) in [6.45, 7) is 1.10. The Morgan fingerprint density at radius 3 is 2.51 bits per heavy atom. The molecule has 0 saturated carbocycles. The summed E-state index contributed by atoms with van der Waals surface area (Å²) in [5.41, 5.74) is 0.649. The Labute approximate surface area is 211 Å². The Kier molecular flexibility index (Phi) is 8.25. The molecule has 12 nitrogen and oxygen atoms in total. The van der Waals surface area contributed by atoms with Crippen LogP contribution in [0.15, 0.2) is 48.2 Å². The third-order valence-electron chi connectivity index (χ3n) is 6.54. The van der Waals surface area contributed by atoms with Gasteiger partial charge in [-0.3, -0.25) is 4.79 Å². The Morgan fingerprint density at radius 2 is 1.81 bits per heavy atom. The van der Waals surface area contributed by atoms with Gasteiger partial charge < -0.3 is 44.1 Å². The van der Waals surface area contributed by atoms with Gasteiger partial charge in [-0.15, -0.1) is 0 Å². The molecule has 0 spiro atoms. The number of cyclic esters (lactones) is 1. The molecule has 0 aliphatic carbocycles. The number of hydrogen-bond acceptors (Lipinski definition) is 11. The van der Waals surface area contributed by atoms with Crippen LogP contribution in [0.4, 0.5) is 0 Å². The summed E-state index contributed by atoms with van der Waals surface area (Å²) in [5, 5.41) is 40.6. The molecule has 200 valence electrons. The number of carboxylic acids is 1. The fourth-order valence-electron chi connectivity index (χ4n) is 4.59. The van der Waals surface area contributed by atoms with Crippen molar-refractivity contribution in [1.29, 1.82) is 0 Å². The first-order valence-electron chi connectivity index (χ1n) is 11.7. The number of ether oxygens (including phenoxy) is 5. The van der Waals surface area contributed by atoms with E-state index in [0.717, 1.165) is 11.8 Å². The quantitative estimate of drug-likeness (QED) is 0.279. The summed E-state index contributed by atoms with van der Waals surface area (Å²) in [4.78, 5) is 35.7. The zero-order chi connectivity index (χ0) is 26.7. The topological polar surface area (TPSA) is 178 Å². The van der Waals surface area contributed by atoms with Crippen LogP contribution in [-0.2, 0) is 38.1 Å². The number of carbonyl (C=O) groups excluding carboxylic acids is 2. The van der Waals surface area contributed by atoms with Gasteiger partial charge in [0.2, 0.25) is 6.29 Å². The number of hydrogen-bond donors (Lipinski definition) is 4. The molecule has 0 bridgehead atoms. The predicted octanol–water partition coefficient (Wildman–Crippen LogP) is -0.0402. The minimum Gasteiger partial charge on any atom is -0.478 e. The Morgan fingerprint density at radius 1 is 1.08 bits per heavy atom. The average Bonchev–Trinajstić information content (AvgIpc) is 2.87. The smallest absolute Gasteiger partial charge is 0.335 e. The second-order valence-corrected chi connectivity index (χ2v) is 8.99. The summed E-state index contributed by atoms with van der Waals surface area (Å²) in [7, 11) is 0. The van der Waals surface area contributed by atoms with E-state index in [9.17, 15) is 34.8 Å². The number of carboxylic acid groups (broad SMARTS) is 1. The predicted molar refractivity (Wildman–Crippen MR) is 122 cm³/mol. The van der Waals surface area contributed by atoms with Crippen LogP contribution in [0.25, 0.3) is 6.08 Å². The van der Waals surface area contributed by atoms with Gasteiger partial charge in [-0.25, -0.2) is 9.59 Å². The van der Waals surface area contributed by atoms with Gasteiger partial charge in [0.05, 0.1) is 24.2 Å². The highest BCUT2D eigenvalue weighted by Gasteiger charge is 2.52. The molecule has 12 heteroatoms. The molecule has 4 N–H and O–H groups in total. The lowest BCUT2D eigenvalue weighted by Crippen LogP contribution is -2.61. The average molecular weight is 520 g/mol. The van der Waals surface area contributed by atoms with Crippen molar-refractivity contribution in [3.63, 3.8) is 0 Å². The van der Waals surface area contributed by atoms with Crippen LogP contribution in [0.2, 0.25) is 0 Å². The second-order valence-electron chi connectivity index (χ2n) is 8.99. The van der Waals surface area contributed by atoms with Crippen molar-refractivity contribution in [1.82, 2.24) is 0 Å². The molecule has 3 aliphatic heterocycles. The van der Waals surface area contributed by atoms with Crippen LogP contribution < -0.4 is 0 Å². The number of benzene rings is 1. The maximum atomic E-state index is 12.1. The van der Waals surface area contributed by atoms with Crippen molar-refractivity contribution in [2.45, 2.75) is 56.4 Å². The standard InChI is InChI=1S/C25H28O12/c1-12-19-14(9-18(27)35-12)15(23(31)32)10-34-24(19)37-25-22(30)21(29)20(28)16(36-25)11-33-17(26)8-7-13-5-3-2-4-6-13/h2-8,10,12,14,16,19-22,24-25,28-30H,9,11H2,1H3,(H,31,32)/t12-,14-,16-,19-,20-,21+,22-,24+,25+/m1/s1. The molecular formula is C25H28O12. The summed E-state index contributed by atoms with van der Waals surface area (Å²) in [5.74, 6) is -4.09. The van der Waals surface area contributed by atoms with Gasteiger partial charge in [0, 0.05) is 12.0 Å². The molecule has 3 heterocycles. The fraction of sp³-hybridized carbons (Fsp3) is 0.480. The zero-order valence-corrected chi connectivity index (χ0v) is 19.8. The van der Waals surface area contributed by atoms with Gasteiger partial charge in [-0.05, 0) is 18.6 Å². The van der Waals surface area contributed by atoms with E-state index in [4.69, 9.17) is 23.7 Å². The van der Waals surface area contributed by atoms with Crippen LogP contribution in [0.5, 0.6) is 0 Å². The molecule has 0 radical (unpaired) electrons. The van der Waals surface area contributed by atoms with Crippen molar-refractivity contribution < 1.29 is 58.5 Å². The van der Waals surface area contributed by atoms with Crippen LogP contribution >= 0.6 is 0 Å². The fourth-order valence-corrected chi connectivity index (χ4v) is 4.59. The van der Waals surface area contributed by atoms with Crippen LogP contribution in [0.1, 0.15) is 18.9 Å². The molecule has 9 atom stereocenters. The minimum atomic E-state index is -1.71. The van der Waals surface area contributed by atoms with Crippen molar-refractivity contribution in [2.24, 2.45) is 11.8 Å². The van der Waals surface area contributed by atoms with E-state index in [-0.39, 0.29) is 12.0 Å². The largest absolute Gasteiger partial charge is 0.478 e. The number of fused-ring (bicyclic) bond motifs is 1. The Balaban J connectivity index is 1.42. The van der Waals surface area contributed by atoms with Crippen LogP contribution in [-0.4, -0.2) is 88.0 Å². The summed E-state index contributed by atoms with van der Waals surface area (Å²) >= 11 is 0. The first-order valence-corrected chi connectivity index (χ1v) is 11.7. The van der Waals surface area contributed by atoms with Gasteiger partial charge >= 0.3 is 17.9 Å². The summed E-state index contributed by atoms with van der Waals surface area (Å²) < 4.78 is 27.2. The highest BCUT2D eigenvalue weighted by Crippen LogP contribution is 2.41. The van der Waals surface area contributed by atoms with Crippen LogP contribution in [0.3, 0.4) is 0 Å². The second kappa shape index (κ2) is 11.4. The Bertz CT molecular complexity index is 1050. The third kappa shape index (κ3) is 6.00. The minimum absolute atomic E-state index is 0.123. The first kappa shape index (κ1) is 26.8. The SMILES string of the molecule is C[C@H]1OC(=O)C[C@@H]2C(C(=O)O)=CO[C@@H](O[C@@H]3O[C@H](COC(=O)C=Cc4ccccc4)[C@@H](O)[C@H](O)[C@H]3O)[C@@H]21. The molecule has 0 amide bonds. The maximum absolute atomic E-state index is 12.1. The first-order chi connectivity index (χ1) is 17.7. The highest BCUT2D eigenvalue weighted by atomic mass is 16.8. The molecular weight excluding hydrogens is 492 g/mol. The lowest BCUT2D eigenvalue weighted by atomic mass is 9.77. The zero-order valence-electron chi connectivity index (χ0n) is 19.8. The van der Waals surface area contributed by atoms with E-state index in [1.54, 1.807) is 37.3 Å². The number of aliphatic hydroxyl groups excluding tert-OH is 3. The molecule has 0 aromatic heterocycles. The van der Waals surface area contributed by atoms with E-state index in [2.05, 4.69) is 0 Å². The molecule has 3 aliphatic rings. The number of rotatable bonds is 7. The maximum Gasteiger partial charge on any atom is 0.335 e. The molecule has 4 rings (SSSR count). The monoisotopic (exact) mass is 520 g/mol. The lowest BCUT2D eigenvalue weighted by Gasteiger charge is -2.45. The van der Waals surface area contributed by atoms with Crippen molar-refractivity contribution in [3.05, 3.63) is 53.8 Å². The van der Waals surface area contributed by atoms with Crippen LogP contribution in [0, 0.1) is 11.8 Å². The summed E-state index contributed by atoms with van der Waals surface area (Å²) in [6.07, 6.45) is -6.34. The number of aliphatic carboxylic acids is 1. The van der Waals surface area contributed by atoms with Gasteiger partial charge in [0.15, 0.2) is 6.29 Å². The highest BCUT2D eigenvalue weighted by molar-refractivity contribution is 5.88. The molecule has 1 aromatic carbocycles. The Hall–Kier alpha value is -3.29. The van der Waals surface area contributed by atoms with Gasteiger partial charge in [0.25, 0.3) is 0 Å². The van der Waals surface area contributed by atoms with Gasteiger partial charge in [-0.1, -0.05) is 30.3 Å². The number of carbonyl (C=O) groups is 3.